The van der Waals surface area contributed by atoms with Gasteiger partial charge in [0.15, 0.2) is 22.8 Å². The third-order valence-electron chi connectivity index (χ3n) is 3.86. The van der Waals surface area contributed by atoms with Crippen molar-refractivity contribution in [3.05, 3.63) is 39.4 Å². The average Bonchev–Trinajstić information content (AvgIpc) is 2.85. The second-order valence-electron chi connectivity index (χ2n) is 5.41. The first-order valence-corrected chi connectivity index (χ1v) is 6.86. The number of aromatic nitrogens is 2. The molecule has 0 atom stereocenters. The third kappa shape index (κ3) is 1.57. The fraction of sp³-hybridized carbons (Fsp3) is 0.188. The molecule has 0 fully saturated rings. The van der Waals surface area contributed by atoms with E-state index in [1.54, 1.807) is 19.9 Å². The molecule has 0 bridgehead atoms. The van der Waals surface area contributed by atoms with Gasteiger partial charge in [0, 0.05) is 18.1 Å². The first-order chi connectivity index (χ1) is 10.5. The second kappa shape index (κ2) is 4.07. The molecule has 6 nitrogen and oxygen atoms in total. The van der Waals surface area contributed by atoms with Gasteiger partial charge >= 0.3 is 0 Å². The van der Waals surface area contributed by atoms with Crippen molar-refractivity contribution in [1.29, 1.82) is 0 Å². The van der Waals surface area contributed by atoms with Gasteiger partial charge in [0.2, 0.25) is 5.43 Å². The van der Waals surface area contributed by atoms with E-state index < -0.39 is 0 Å². The number of oxazole rings is 1. The minimum Gasteiger partial charge on any atom is -0.452 e. The lowest BCUT2D eigenvalue weighted by Gasteiger charge is -2.10. The Morgan fingerprint density at radius 2 is 1.64 bits per heavy atom. The molecule has 1 aliphatic heterocycles. The minimum absolute atomic E-state index is 0.169. The molecular weight excluding hydrogens is 282 g/mol. The van der Waals surface area contributed by atoms with Crippen molar-refractivity contribution in [2.75, 3.05) is 5.73 Å². The molecule has 0 saturated carbocycles. The Labute approximate surface area is 124 Å². The van der Waals surface area contributed by atoms with Crippen molar-refractivity contribution >= 4 is 27.9 Å². The number of aryl methyl sites for hydroxylation is 2. The quantitative estimate of drug-likeness (QED) is 0.396. The van der Waals surface area contributed by atoms with E-state index in [1.165, 1.54) is 0 Å². The first-order valence-electron chi connectivity index (χ1n) is 6.86. The predicted octanol–water partition coefficient (Wildman–Crippen LogP) is 2.94. The van der Waals surface area contributed by atoms with E-state index in [1.807, 2.05) is 13.0 Å². The third-order valence-corrected chi connectivity index (χ3v) is 3.86. The lowest BCUT2D eigenvalue weighted by molar-refractivity contribution is 0.556. The van der Waals surface area contributed by atoms with Crippen LogP contribution in [0.3, 0.4) is 0 Å². The molecule has 0 amide bonds. The Balaban J connectivity index is 2.24. The molecule has 0 saturated heterocycles. The molecule has 0 spiro atoms. The molecule has 2 heterocycles. The summed E-state index contributed by atoms with van der Waals surface area (Å²) in [6, 6.07) is 3.36. The summed E-state index contributed by atoms with van der Waals surface area (Å²) in [6.07, 6.45) is 0. The summed E-state index contributed by atoms with van der Waals surface area (Å²) in [7, 11) is 0. The molecule has 2 N–H and O–H groups in total. The van der Waals surface area contributed by atoms with E-state index in [2.05, 4.69) is 9.97 Å². The number of nitrogens with zero attached hydrogens (tertiary/aromatic N) is 2. The van der Waals surface area contributed by atoms with Crippen molar-refractivity contribution < 1.29 is 8.83 Å². The molecule has 6 heteroatoms. The van der Waals surface area contributed by atoms with E-state index in [9.17, 15) is 4.79 Å². The van der Waals surface area contributed by atoms with Gasteiger partial charge in [-0.2, -0.15) is 0 Å². The predicted molar refractivity (Wildman–Crippen MR) is 83.1 cm³/mol. The van der Waals surface area contributed by atoms with Crippen LogP contribution in [0.1, 0.15) is 17.0 Å². The lowest BCUT2D eigenvalue weighted by atomic mass is 10.1. The molecule has 2 aliphatic rings. The molecule has 4 rings (SSSR count). The minimum atomic E-state index is -0.230. The Hall–Kier alpha value is -2.89. The van der Waals surface area contributed by atoms with Gasteiger partial charge in [0.05, 0.1) is 5.69 Å². The van der Waals surface area contributed by atoms with Crippen LogP contribution in [0.5, 0.6) is 0 Å². The van der Waals surface area contributed by atoms with Gasteiger partial charge in [0.1, 0.15) is 16.7 Å². The van der Waals surface area contributed by atoms with Gasteiger partial charge in [-0.15, -0.1) is 0 Å². The highest BCUT2D eigenvalue weighted by atomic mass is 16.4. The van der Waals surface area contributed by atoms with Gasteiger partial charge in [0.25, 0.3) is 0 Å². The lowest BCUT2D eigenvalue weighted by Crippen LogP contribution is -2.13. The van der Waals surface area contributed by atoms with Gasteiger partial charge in [-0.25, -0.2) is 9.97 Å². The summed E-state index contributed by atoms with van der Waals surface area (Å²) in [6.45, 7) is 5.36. The van der Waals surface area contributed by atoms with Crippen LogP contribution in [0.25, 0.3) is 33.7 Å². The van der Waals surface area contributed by atoms with Crippen LogP contribution in [0.2, 0.25) is 0 Å². The van der Waals surface area contributed by atoms with Crippen molar-refractivity contribution in [3.63, 3.8) is 0 Å². The zero-order chi connectivity index (χ0) is 15.6. The van der Waals surface area contributed by atoms with Crippen LogP contribution in [0, 0.1) is 20.8 Å². The van der Waals surface area contributed by atoms with Gasteiger partial charge in [-0.1, -0.05) is 0 Å². The van der Waals surface area contributed by atoms with Crippen LogP contribution >= 0.6 is 0 Å². The van der Waals surface area contributed by atoms with Crippen molar-refractivity contribution in [2.24, 2.45) is 0 Å². The van der Waals surface area contributed by atoms with E-state index in [4.69, 9.17) is 14.6 Å². The van der Waals surface area contributed by atoms with Gasteiger partial charge in [-0.3, -0.25) is 4.79 Å². The number of nitrogen functional groups attached to an aromatic ring is 1. The standard InChI is InChI=1S/C16H13N3O3/c1-6-13(20)9(17)4-10-14(6)22-16-7(2)15-11(5-12(16)19-10)18-8(3)21-15/h4-5H,17H2,1-3H3. The number of hydrogen-bond donors (Lipinski definition) is 1. The fourth-order valence-electron chi connectivity index (χ4n) is 2.75. The van der Waals surface area contributed by atoms with Gasteiger partial charge < -0.3 is 14.6 Å². The van der Waals surface area contributed by atoms with Crippen LogP contribution in [-0.4, -0.2) is 9.97 Å². The topological polar surface area (TPSA) is 95.2 Å². The van der Waals surface area contributed by atoms with E-state index in [-0.39, 0.29) is 11.1 Å². The fourth-order valence-corrected chi connectivity index (χ4v) is 2.75. The van der Waals surface area contributed by atoms with E-state index >= 15 is 0 Å². The zero-order valence-electron chi connectivity index (χ0n) is 12.4. The molecule has 1 aliphatic carbocycles. The molecule has 22 heavy (non-hydrogen) atoms. The Morgan fingerprint density at radius 3 is 2.41 bits per heavy atom. The number of fused-ring (bicyclic) bond motifs is 3. The summed E-state index contributed by atoms with van der Waals surface area (Å²) in [5.74, 6) is 1.03. The average molecular weight is 295 g/mol. The molecule has 1 aromatic carbocycles. The highest BCUT2D eigenvalue weighted by molar-refractivity contribution is 5.94. The normalized spacial score (nSPS) is 11.8. The van der Waals surface area contributed by atoms with Crippen molar-refractivity contribution in [2.45, 2.75) is 20.8 Å². The monoisotopic (exact) mass is 295 g/mol. The highest BCUT2D eigenvalue weighted by Crippen LogP contribution is 2.33. The molecular formula is C16H13N3O3. The van der Waals surface area contributed by atoms with Crippen molar-refractivity contribution in [3.8, 4) is 11.5 Å². The molecule has 110 valence electrons. The number of benzene rings is 2. The van der Waals surface area contributed by atoms with Crippen LogP contribution < -0.4 is 11.2 Å². The summed E-state index contributed by atoms with van der Waals surface area (Å²) in [5, 5.41) is 0. The maximum atomic E-state index is 12.0. The first kappa shape index (κ1) is 12.8. The Bertz CT molecular complexity index is 1090. The van der Waals surface area contributed by atoms with Crippen molar-refractivity contribution in [1.82, 2.24) is 9.97 Å². The van der Waals surface area contributed by atoms with Crippen LogP contribution in [0.15, 0.2) is 25.8 Å². The molecule has 2 aromatic rings. The summed E-state index contributed by atoms with van der Waals surface area (Å²) in [5.41, 5.74) is 10.1. The maximum Gasteiger partial charge on any atom is 0.208 e. The molecule has 0 unspecified atom stereocenters. The number of rotatable bonds is 0. The van der Waals surface area contributed by atoms with Gasteiger partial charge in [-0.05, 0) is 26.0 Å². The van der Waals surface area contributed by atoms with Crippen LogP contribution in [0.4, 0.5) is 5.69 Å². The Kier molecular flexibility index (Phi) is 2.37. The van der Waals surface area contributed by atoms with E-state index in [0.29, 0.717) is 39.6 Å². The smallest absolute Gasteiger partial charge is 0.208 e. The maximum absolute atomic E-state index is 12.0. The Morgan fingerprint density at radius 1 is 0.955 bits per heavy atom. The number of nitrogens with two attached hydrogens (primary N) is 1. The summed E-state index contributed by atoms with van der Waals surface area (Å²) < 4.78 is 11.6. The highest BCUT2D eigenvalue weighted by Gasteiger charge is 2.19. The largest absolute Gasteiger partial charge is 0.452 e. The SMILES string of the molecule is Cc1nc2cc3nc4cc(N)c(=O)c(C)c-4oc3c(C)c2o1. The molecule has 0 radical (unpaired) electrons. The summed E-state index contributed by atoms with van der Waals surface area (Å²) >= 11 is 0. The number of hydrogen-bond acceptors (Lipinski definition) is 6. The molecule has 1 aromatic heterocycles. The number of anilines is 1. The summed E-state index contributed by atoms with van der Waals surface area (Å²) in [4.78, 5) is 20.9. The van der Waals surface area contributed by atoms with E-state index in [0.717, 1.165) is 11.1 Å². The second-order valence-corrected chi connectivity index (χ2v) is 5.41. The zero-order valence-corrected chi connectivity index (χ0v) is 12.4. The van der Waals surface area contributed by atoms with Crippen LogP contribution in [-0.2, 0) is 0 Å².